The van der Waals surface area contributed by atoms with Crippen molar-refractivity contribution in [1.29, 1.82) is 0 Å². The first kappa shape index (κ1) is 127. The van der Waals surface area contributed by atoms with Gasteiger partial charge in [0.2, 0.25) is 64.5 Å². The summed E-state index contributed by atoms with van der Waals surface area (Å²) in [4.78, 5) is 282. The van der Waals surface area contributed by atoms with Crippen LogP contribution in [-0.4, -0.2) is 284 Å². The van der Waals surface area contributed by atoms with E-state index in [1.165, 1.54) is 58.9 Å². The highest BCUT2D eigenvalue weighted by Gasteiger charge is 2.45. The number of allylic oxidation sites excluding steroid dienone is 2. The molecule has 43 heteroatoms. The highest BCUT2D eigenvalue weighted by atomic mass is 16.4. The molecule has 3 aromatic carbocycles. The number of amides is 7. The second-order valence-corrected chi connectivity index (χ2v) is 40.8. The smallest absolute Gasteiger partial charge is 0.303 e. The van der Waals surface area contributed by atoms with Crippen molar-refractivity contribution in [3.8, 4) is 5.75 Å². The van der Waals surface area contributed by atoms with E-state index in [2.05, 4.69) is 96.0 Å². The molecule has 17 atom stereocenters. The molecule has 25 N–H and O–H groups in total. The van der Waals surface area contributed by atoms with Gasteiger partial charge in [0, 0.05) is 75.8 Å². The van der Waals surface area contributed by atoms with Crippen molar-refractivity contribution in [3.05, 3.63) is 114 Å². The molecule has 2 heterocycles. The van der Waals surface area contributed by atoms with Crippen LogP contribution in [0.25, 0.3) is 10.9 Å². The third-order valence-corrected chi connectivity index (χ3v) is 26.4. The molecule has 4 aromatic rings. The highest BCUT2D eigenvalue weighted by molar-refractivity contribution is 6.43. The standard InChI is InChI=1S/C106H162N20O23/c1-61(2)51-81(117-70(12)128)100(146)119-94(69(11)127)97(143)95(141)80(53-71-31-25-24-26-32-71)125-126-106(16)47-30-23-21-19-17-18-20-22-29-46-105(15,91(137)60-113-65(7)86(132)45-49-110-63(5)84(130)43-48-109-64(6)85(131)44-50-111-67(9)89(135)59-115-104(13,14)103(149)116-68(10)99(108)145)120-102(148)82(52-62(3)4)123-121-77(39-41-92(107)138)90(136)58-112-66(8)87(133)56-88(134)79(55-73-57-114-76-34-28-27-33-75(73)76)122-124-83(54-72-35-37-74(129)38-36-72)101(147)118-78(40-42-93(139)140)96(142)98(106)144/h18,20,24-28,31-38,57,61-69,77-83,94,109-115,121-127,129H,17,19,21-23,29-30,39-56,58-60H2,1-16H3,(H2,107,138)(H2,108,145)(H,116,149)(H,117,128)(H,118,147)(H,119,146)(H,120,148)(H,139,140)/t63-,64-,65-,66-,67-,68+,69+,77-,78-,79-,80-,81-,82-,83-,94-,105-,106+/m0/s1. The lowest BCUT2D eigenvalue weighted by Gasteiger charge is -2.33. The predicted molar refractivity (Wildman–Crippen MR) is 559 cm³/mol. The van der Waals surface area contributed by atoms with Crippen molar-refractivity contribution in [1.82, 2.24) is 96.0 Å². The van der Waals surface area contributed by atoms with Crippen LogP contribution >= 0.6 is 0 Å². The zero-order chi connectivity index (χ0) is 111. The Hall–Kier alpha value is -12.0. The number of fused-ring (bicyclic) bond motifs is 1. The van der Waals surface area contributed by atoms with Crippen molar-refractivity contribution >= 4 is 128 Å². The number of para-hydroxylation sites is 1. The SMILES string of the molecule is CC(=O)N[C@@H](CC(C)C)C(=O)N[C@H](C(=O)C(=O)[C@H](Cc1ccccc1)NN[C@]1(C)CCCCCCC=CCCC[C@@](C)(C(=O)CN[C@@H](C)C(=O)CCN[C@@H](C)C(=O)CCN[C@@H](C)C(=O)CCN[C@@H](C)C(=O)CNC(C)(C)C(=O)N[C@H](C)C(N)=O)NC(=O)[C@H](CC(C)C)NN[C@@H](CCC(N)=O)C(=O)CN[C@@H](C)C(=O)CC(=O)[C@H](Cc2c[nH]c3ccccc23)NN[C@@H](Cc2ccc(O)cc2)C(=O)N[C@@H](CCC(=O)O)C(=O)C1=O)[C@@H](C)O. The number of hydrogen-bond acceptors (Lipinski definition) is 34. The summed E-state index contributed by atoms with van der Waals surface area (Å²) < 4.78 is 0. The van der Waals surface area contributed by atoms with Crippen molar-refractivity contribution in [2.75, 3.05) is 39.3 Å². The molecular formula is C106H162N20O23. The number of aliphatic carboxylic acids is 1. The number of rotatable bonds is 52. The number of carboxylic acids is 1. The van der Waals surface area contributed by atoms with Gasteiger partial charge in [0.05, 0.1) is 103 Å². The summed E-state index contributed by atoms with van der Waals surface area (Å²) in [6, 6.07) is 4.09. The number of nitrogens with two attached hydrogens (primary N) is 2. The van der Waals surface area contributed by atoms with Crippen molar-refractivity contribution in [3.63, 3.8) is 0 Å². The van der Waals surface area contributed by atoms with Gasteiger partial charge in [0.15, 0.2) is 46.3 Å². The number of carboxylic acid groups (broad SMARTS) is 1. The lowest BCUT2D eigenvalue weighted by Crippen LogP contribution is -2.65. The number of aromatic amines is 1. The molecule has 0 saturated heterocycles. The number of hydrogen-bond donors (Lipinski definition) is 23. The van der Waals surface area contributed by atoms with Gasteiger partial charge in [-0.2, -0.15) is 0 Å². The van der Waals surface area contributed by atoms with Crippen LogP contribution in [0.15, 0.2) is 97.2 Å². The number of primary amides is 2. The number of phenols is 1. The predicted octanol–water partition coefficient (Wildman–Crippen LogP) is 1.46. The molecule has 0 unspecified atom stereocenters. The first-order valence-corrected chi connectivity index (χ1v) is 51.5. The number of ketones is 12. The minimum Gasteiger partial charge on any atom is -0.508 e. The summed E-state index contributed by atoms with van der Waals surface area (Å²) in [5, 5.41) is 63.5. The Balaban J connectivity index is 1.46. The van der Waals surface area contributed by atoms with E-state index >= 15 is 19.2 Å². The summed E-state index contributed by atoms with van der Waals surface area (Å²) in [5.41, 5.74) is 25.7. The second kappa shape index (κ2) is 63.9. The van der Waals surface area contributed by atoms with Gasteiger partial charge in [-0.05, 0) is 206 Å². The fourth-order valence-corrected chi connectivity index (χ4v) is 16.5. The molecule has 0 radical (unpaired) electrons. The number of Topliss-reactive ketones (excluding diaryl/α,β-unsaturated/α-hetero) is 12. The molecular weight excluding hydrogens is 1920 g/mol. The molecule has 43 nitrogen and oxygen atoms in total. The topological polar surface area (TPSA) is 674 Å². The number of aromatic hydroxyl groups is 1. The van der Waals surface area contributed by atoms with E-state index in [9.17, 15) is 92.0 Å². The summed E-state index contributed by atoms with van der Waals surface area (Å²) >= 11 is 0. The van der Waals surface area contributed by atoms with Crippen LogP contribution in [0.2, 0.25) is 0 Å². The minimum absolute atomic E-state index is 0.0351. The average Bonchev–Trinajstić information content (AvgIpc) is 1.32. The molecule has 149 heavy (non-hydrogen) atoms. The number of aliphatic hydroxyl groups excluding tert-OH is 1. The van der Waals surface area contributed by atoms with E-state index in [-0.39, 0.29) is 150 Å². The minimum atomic E-state index is -2.09. The van der Waals surface area contributed by atoms with Gasteiger partial charge in [0.1, 0.15) is 36.0 Å². The van der Waals surface area contributed by atoms with E-state index in [1.807, 2.05) is 26.0 Å². The van der Waals surface area contributed by atoms with Crippen LogP contribution in [0.5, 0.6) is 5.75 Å². The Morgan fingerprint density at radius 3 is 1.69 bits per heavy atom. The Labute approximate surface area is 872 Å². The van der Waals surface area contributed by atoms with Gasteiger partial charge >= 0.3 is 5.97 Å². The number of aliphatic hydroxyl groups is 1. The molecule has 1 aliphatic rings. The zero-order valence-electron chi connectivity index (χ0n) is 89.0. The molecule has 7 amide bonds. The van der Waals surface area contributed by atoms with Crippen molar-refractivity contribution in [2.45, 2.75) is 359 Å². The quantitative estimate of drug-likeness (QED) is 0.0129. The van der Waals surface area contributed by atoms with E-state index in [4.69, 9.17) is 11.5 Å². The number of phenolic OH excluding ortho intramolecular Hbond substituents is 1. The Bertz CT molecular complexity index is 5220. The Morgan fingerprint density at radius 2 is 1.11 bits per heavy atom. The van der Waals surface area contributed by atoms with Crippen LogP contribution in [0, 0.1) is 11.8 Å². The summed E-state index contributed by atoms with van der Waals surface area (Å²) in [6.07, 6.45) is 3.30. The van der Waals surface area contributed by atoms with Crippen LogP contribution in [0.4, 0.5) is 0 Å². The third kappa shape index (κ3) is 45.0. The first-order valence-electron chi connectivity index (χ1n) is 51.5. The summed E-state index contributed by atoms with van der Waals surface area (Å²) in [7, 11) is 0. The summed E-state index contributed by atoms with van der Waals surface area (Å²) in [6.45, 7) is 24.3. The van der Waals surface area contributed by atoms with E-state index in [1.54, 1.807) is 123 Å². The number of H-pyrrole nitrogens is 1. The molecule has 0 fully saturated rings. The Morgan fingerprint density at radius 1 is 0.544 bits per heavy atom. The lowest BCUT2D eigenvalue weighted by atomic mass is 9.85. The lowest BCUT2D eigenvalue weighted by molar-refractivity contribution is -0.144. The fraction of sp³-hybridized carbons (Fsp3) is 0.604. The first-order chi connectivity index (χ1) is 70.1. The normalized spacial score (nSPS) is 21.4. The maximum Gasteiger partial charge on any atom is 0.303 e. The largest absolute Gasteiger partial charge is 0.508 e. The number of benzene rings is 3. The van der Waals surface area contributed by atoms with E-state index in [0.717, 1.165) is 0 Å². The molecule has 0 spiro atoms. The van der Waals surface area contributed by atoms with Crippen molar-refractivity contribution < 1.29 is 111 Å². The molecule has 824 valence electrons. The van der Waals surface area contributed by atoms with Gasteiger partial charge in [0.25, 0.3) is 0 Å². The second-order valence-electron chi connectivity index (χ2n) is 40.8. The van der Waals surface area contributed by atoms with Crippen LogP contribution < -0.4 is 103 Å². The zero-order valence-corrected chi connectivity index (χ0v) is 89.0. The van der Waals surface area contributed by atoms with Crippen LogP contribution in [0.1, 0.15) is 249 Å². The number of nitrogens with one attached hydrogen (secondary N) is 18. The molecule has 0 bridgehead atoms. The monoisotopic (exact) mass is 2080 g/mol. The molecule has 0 aliphatic carbocycles. The maximum atomic E-state index is 15.7. The van der Waals surface area contributed by atoms with Gasteiger partial charge in [-0.3, -0.25) is 101 Å². The molecule has 1 aliphatic heterocycles. The number of carbonyl (C=O) groups is 20. The molecule has 5 rings (SSSR count). The van der Waals surface area contributed by atoms with E-state index in [0.29, 0.717) is 66.1 Å². The number of hydrazine groups is 3. The van der Waals surface area contributed by atoms with Gasteiger partial charge in [-0.15, -0.1) is 0 Å². The third-order valence-electron chi connectivity index (χ3n) is 26.4. The Kier molecular flexibility index (Phi) is 54.7. The fourth-order valence-electron chi connectivity index (χ4n) is 16.5. The van der Waals surface area contributed by atoms with E-state index < -0.39 is 233 Å². The average molecular weight is 2080 g/mol. The molecule has 1 aromatic heterocycles. The van der Waals surface area contributed by atoms with Crippen LogP contribution in [0.3, 0.4) is 0 Å². The van der Waals surface area contributed by atoms with Gasteiger partial charge < -0.3 is 84.9 Å². The van der Waals surface area contributed by atoms with Crippen LogP contribution in [-0.2, 0) is 115 Å². The maximum absolute atomic E-state index is 15.7. The number of carbonyl (C=O) groups excluding carboxylic acids is 19. The van der Waals surface area contributed by atoms with Gasteiger partial charge in [-0.25, -0.2) is 32.6 Å². The summed E-state index contributed by atoms with van der Waals surface area (Å²) in [5.74, 6) is -15.6. The van der Waals surface area contributed by atoms with Crippen molar-refractivity contribution in [2.24, 2.45) is 23.3 Å². The highest BCUT2D eigenvalue weighted by Crippen LogP contribution is 2.26. The van der Waals surface area contributed by atoms with Gasteiger partial charge in [-0.1, -0.05) is 120 Å². The molecule has 0 saturated carbocycles. The number of aromatic nitrogens is 1.